The molecular formula is C50H34N2O4. The topological polar surface area (TPSA) is 100 Å². The number of methoxy groups -OCH3 is 2. The number of rotatable bonds is 6. The number of hydrogen-bond donors (Lipinski definition) is 0. The second-order valence-corrected chi connectivity index (χ2v) is 12.8. The van der Waals surface area contributed by atoms with Gasteiger partial charge in [-0.15, -0.1) is 0 Å². The number of hydrogen-bond acceptors (Lipinski definition) is 6. The zero-order valence-electron chi connectivity index (χ0n) is 30.7. The molecule has 8 rings (SSSR count). The van der Waals surface area contributed by atoms with Crippen LogP contribution in [0.5, 0.6) is 0 Å². The van der Waals surface area contributed by atoms with Crippen molar-refractivity contribution in [3.05, 3.63) is 192 Å². The SMILES string of the molecule is COC(=O)c1c(-c2ccccc2)c(C#N)c2ccccc2c1-c1ccccc1.COC(=O)c1c(-c2ccccc2)c(C#N)c2ccccc2c1-c1ccccc1. The Labute approximate surface area is 325 Å². The zero-order chi connectivity index (χ0) is 39.0. The van der Waals surface area contributed by atoms with Crippen molar-refractivity contribution in [2.45, 2.75) is 0 Å². The van der Waals surface area contributed by atoms with Crippen molar-refractivity contribution in [1.29, 1.82) is 10.5 Å². The molecule has 0 bridgehead atoms. The van der Waals surface area contributed by atoms with Crippen LogP contribution >= 0.6 is 0 Å². The lowest BCUT2D eigenvalue weighted by Gasteiger charge is -2.19. The van der Waals surface area contributed by atoms with E-state index in [4.69, 9.17) is 9.47 Å². The molecule has 0 saturated heterocycles. The van der Waals surface area contributed by atoms with Gasteiger partial charge in [0, 0.05) is 33.0 Å². The first-order valence-electron chi connectivity index (χ1n) is 17.9. The lowest BCUT2D eigenvalue weighted by molar-refractivity contribution is 0.0593. The fourth-order valence-electron chi connectivity index (χ4n) is 7.32. The highest BCUT2D eigenvalue weighted by Crippen LogP contribution is 2.44. The van der Waals surface area contributed by atoms with Gasteiger partial charge in [-0.2, -0.15) is 10.5 Å². The van der Waals surface area contributed by atoms with E-state index in [1.165, 1.54) is 14.2 Å². The molecule has 0 spiro atoms. The van der Waals surface area contributed by atoms with E-state index >= 15 is 0 Å². The third-order valence-electron chi connectivity index (χ3n) is 9.68. The van der Waals surface area contributed by atoms with E-state index in [1.807, 2.05) is 170 Å². The Morgan fingerprint density at radius 1 is 0.375 bits per heavy atom. The molecule has 8 aromatic carbocycles. The summed E-state index contributed by atoms with van der Waals surface area (Å²) in [6.07, 6.45) is 0. The van der Waals surface area contributed by atoms with Crippen molar-refractivity contribution < 1.29 is 19.1 Å². The molecule has 0 fully saturated rings. The largest absolute Gasteiger partial charge is 0.465 e. The maximum atomic E-state index is 13.0. The highest BCUT2D eigenvalue weighted by molar-refractivity contribution is 6.17. The number of benzene rings is 8. The number of ether oxygens (including phenoxy) is 2. The molecule has 56 heavy (non-hydrogen) atoms. The van der Waals surface area contributed by atoms with Crippen molar-refractivity contribution in [2.24, 2.45) is 0 Å². The monoisotopic (exact) mass is 726 g/mol. The Bertz CT molecular complexity index is 2610. The number of fused-ring (bicyclic) bond motifs is 2. The molecule has 0 aliphatic rings. The molecule has 6 nitrogen and oxygen atoms in total. The molecule has 0 amide bonds. The van der Waals surface area contributed by atoms with Gasteiger partial charge in [0.25, 0.3) is 0 Å². The van der Waals surface area contributed by atoms with Gasteiger partial charge in [0.05, 0.1) is 36.5 Å². The van der Waals surface area contributed by atoms with Crippen LogP contribution in [0, 0.1) is 22.7 Å². The normalized spacial score (nSPS) is 10.4. The summed E-state index contributed by atoms with van der Waals surface area (Å²) < 4.78 is 10.3. The number of carbonyl (C=O) groups excluding carboxylic acids is 2. The first-order valence-corrected chi connectivity index (χ1v) is 17.9. The van der Waals surface area contributed by atoms with Gasteiger partial charge in [0.15, 0.2) is 0 Å². The van der Waals surface area contributed by atoms with Crippen molar-refractivity contribution in [1.82, 2.24) is 0 Å². The van der Waals surface area contributed by atoms with Gasteiger partial charge in [0.2, 0.25) is 0 Å². The summed E-state index contributed by atoms with van der Waals surface area (Å²) in [5.74, 6) is -0.917. The fraction of sp³-hybridized carbons (Fsp3) is 0.0400. The zero-order valence-corrected chi connectivity index (χ0v) is 30.7. The van der Waals surface area contributed by atoms with Crippen LogP contribution in [0.15, 0.2) is 170 Å². The van der Waals surface area contributed by atoms with Crippen LogP contribution in [0.1, 0.15) is 31.8 Å². The molecular weight excluding hydrogens is 693 g/mol. The third-order valence-corrected chi connectivity index (χ3v) is 9.68. The van der Waals surface area contributed by atoms with Gasteiger partial charge in [-0.3, -0.25) is 0 Å². The summed E-state index contributed by atoms with van der Waals surface area (Å²) in [5.41, 5.74) is 7.96. The predicted molar refractivity (Wildman–Crippen MR) is 222 cm³/mol. The molecule has 0 atom stereocenters. The highest BCUT2D eigenvalue weighted by atomic mass is 16.5. The quantitative estimate of drug-likeness (QED) is 0.158. The first-order chi connectivity index (χ1) is 27.5. The fourth-order valence-corrected chi connectivity index (χ4v) is 7.32. The minimum atomic E-state index is -0.458. The Morgan fingerprint density at radius 3 is 0.893 bits per heavy atom. The van der Waals surface area contributed by atoms with E-state index in [0.29, 0.717) is 33.4 Å². The minimum Gasteiger partial charge on any atom is -0.465 e. The van der Waals surface area contributed by atoms with Gasteiger partial charge < -0.3 is 9.47 Å². The van der Waals surface area contributed by atoms with Crippen molar-refractivity contribution in [3.63, 3.8) is 0 Å². The number of carbonyl (C=O) groups is 2. The summed E-state index contributed by atoms with van der Waals surface area (Å²) in [6.45, 7) is 0. The second kappa shape index (κ2) is 16.5. The van der Waals surface area contributed by atoms with Gasteiger partial charge in [-0.1, -0.05) is 170 Å². The summed E-state index contributed by atoms with van der Waals surface area (Å²) >= 11 is 0. The lowest BCUT2D eigenvalue weighted by atomic mass is 9.83. The smallest absolute Gasteiger partial charge is 0.339 e. The van der Waals surface area contributed by atoms with Crippen LogP contribution in [0.25, 0.3) is 66.1 Å². The van der Waals surface area contributed by atoms with Crippen LogP contribution in [0.4, 0.5) is 0 Å². The summed E-state index contributed by atoms with van der Waals surface area (Å²) in [4.78, 5) is 26.0. The van der Waals surface area contributed by atoms with Crippen LogP contribution in [-0.2, 0) is 9.47 Å². The average molecular weight is 727 g/mol. The second-order valence-electron chi connectivity index (χ2n) is 12.8. The highest BCUT2D eigenvalue weighted by Gasteiger charge is 2.28. The van der Waals surface area contributed by atoms with Gasteiger partial charge in [-0.05, 0) is 33.0 Å². The Kier molecular flexibility index (Phi) is 10.8. The average Bonchev–Trinajstić information content (AvgIpc) is 3.28. The summed E-state index contributed by atoms with van der Waals surface area (Å²) in [5, 5.41) is 23.4. The number of nitriles is 2. The van der Waals surface area contributed by atoms with Gasteiger partial charge in [-0.25, -0.2) is 9.59 Å². The maximum absolute atomic E-state index is 13.0. The maximum Gasteiger partial charge on any atom is 0.339 e. The van der Waals surface area contributed by atoms with Crippen LogP contribution in [-0.4, -0.2) is 26.2 Å². The Morgan fingerprint density at radius 2 is 0.625 bits per heavy atom. The molecule has 0 aromatic heterocycles. The van der Waals surface area contributed by atoms with E-state index in [0.717, 1.165) is 54.9 Å². The van der Waals surface area contributed by atoms with E-state index < -0.39 is 11.9 Å². The Hall–Kier alpha value is -7.80. The molecule has 0 heterocycles. The first kappa shape index (κ1) is 36.6. The molecule has 0 unspecified atom stereocenters. The molecule has 0 saturated carbocycles. The lowest BCUT2D eigenvalue weighted by Crippen LogP contribution is -2.09. The molecule has 0 radical (unpaired) electrons. The molecule has 6 heteroatoms. The molecule has 8 aromatic rings. The van der Waals surface area contributed by atoms with Gasteiger partial charge >= 0.3 is 11.9 Å². The third kappa shape index (κ3) is 6.76. The van der Waals surface area contributed by atoms with E-state index in [1.54, 1.807) is 0 Å². The number of nitrogens with zero attached hydrogens (tertiary/aromatic N) is 2. The molecule has 0 aliphatic heterocycles. The summed E-state index contributed by atoms with van der Waals surface area (Å²) in [7, 11) is 2.74. The number of esters is 2. The van der Waals surface area contributed by atoms with Crippen LogP contribution in [0.2, 0.25) is 0 Å². The molecule has 0 N–H and O–H groups in total. The van der Waals surface area contributed by atoms with Crippen molar-refractivity contribution >= 4 is 33.5 Å². The van der Waals surface area contributed by atoms with Crippen LogP contribution < -0.4 is 0 Å². The van der Waals surface area contributed by atoms with E-state index in [-0.39, 0.29) is 0 Å². The Balaban J connectivity index is 0.000000172. The van der Waals surface area contributed by atoms with Gasteiger partial charge in [0.1, 0.15) is 12.1 Å². The predicted octanol–water partition coefficient (Wildman–Crippen LogP) is 11.7. The van der Waals surface area contributed by atoms with Crippen molar-refractivity contribution in [2.75, 3.05) is 14.2 Å². The van der Waals surface area contributed by atoms with Crippen LogP contribution in [0.3, 0.4) is 0 Å². The molecule has 0 aliphatic carbocycles. The van der Waals surface area contributed by atoms with E-state index in [9.17, 15) is 20.1 Å². The standard InChI is InChI=1S/2C25H17NO2/c2*1-28-25(27)24-22(17-10-4-2-5-11-17)20-15-9-8-14-19(20)21(16-26)23(24)18-12-6-3-7-13-18/h2*2-15H,1H3. The van der Waals surface area contributed by atoms with E-state index in [2.05, 4.69) is 12.1 Å². The van der Waals surface area contributed by atoms with Crippen molar-refractivity contribution in [3.8, 4) is 56.6 Å². The summed E-state index contributed by atoms with van der Waals surface area (Å²) in [6, 6.07) is 58.6. The minimum absolute atomic E-state index is 0.412. The molecule has 268 valence electrons.